The third-order valence-corrected chi connectivity index (χ3v) is 2.58. The van der Waals surface area contributed by atoms with E-state index < -0.39 is 15.6 Å². The predicted octanol–water partition coefficient (Wildman–Crippen LogP) is 2.82. The summed E-state index contributed by atoms with van der Waals surface area (Å²) >= 11 is 1.95. The second kappa shape index (κ2) is 5.77. The number of halogens is 5. The lowest BCUT2D eigenvalue weighted by molar-refractivity contribution is -0.0510. The largest absolute Gasteiger partial charge is 0.522 e. The van der Waals surface area contributed by atoms with E-state index in [0.717, 1.165) is 0 Å². The van der Waals surface area contributed by atoms with Crippen LogP contribution in [0.25, 0.3) is 0 Å². The molecule has 0 fully saturated rings. The number of rotatable bonds is 0. The molecule has 0 amide bonds. The Labute approximate surface area is 102 Å². The van der Waals surface area contributed by atoms with Gasteiger partial charge in [0, 0.05) is 3.57 Å². The molecule has 0 aromatic heterocycles. The average molecular weight is 372 g/mol. The van der Waals surface area contributed by atoms with Crippen molar-refractivity contribution >= 4 is 32.7 Å². The molecule has 0 spiro atoms. The maximum absolute atomic E-state index is 12.3. The second-order valence-electron chi connectivity index (χ2n) is 2.33. The Hall–Kier alpha value is -0.420. The Kier molecular flexibility index (Phi) is 5.62. The van der Waals surface area contributed by atoms with Crippen molar-refractivity contribution in [1.82, 2.24) is 0 Å². The van der Waals surface area contributed by atoms with E-state index in [-0.39, 0.29) is 5.82 Å². The molecule has 1 N–H and O–H groups in total. The van der Waals surface area contributed by atoms with Gasteiger partial charge in [-0.1, -0.05) is 12.1 Å². The van der Waals surface area contributed by atoms with E-state index in [1.807, 2.05) is 28.7 Å². The predicted molar refractivity (Wildman–Crippen MR) is 56.7 cm³/mol. The molecule has 0 atom stereocenters. The quantitative estimate of drug-likeness (QED) is 0.330. The minimum absolute atomic E-state index is 0.145. The molecule has 0 saturated heterocycles. The second-order valence-corrected chi connectivity index (χ2v) is 4.91. The zero-order valence-electron chi connectivity index (χ0n) is 7.37. The van der Waals surface area contributed by atoms with E-state index in [1.54, 1.807) is 12.1 Å². The average Bonchev–Trinajstić information content (AvgIpc) is 2.08. The Morgan fingerprint density at radius 2 is 1.56 bits per heavy atom. The molecule has 0 aliphatic carbocycles. The van der Waals surface area contributed by atoms with Crippen molar-refractivity contribution in [3.8, 4) is 0 Å². The van der Waals surface area contributed by atoms with Crippen LogP contribution in [0.2, 0.25) is 0 Å². The van der Waals surface area contributed by atoms with E-state index in [1.165, 1.54) is 6.07 Å². The summed E-state index contributed by atoms with van der Waals surface area (Å²) < 4.78 is 70.5. The van der Waals surface area contributed by atoms with Crippen LogP contribution < -0.4 is 0 Å². The molecule has 0 aliphatic rings. The molecular formula is C7H5F4IO3S. The molecule has 16 heavy (non-hydrogen) atoms. The Morgan fingerprint density at radius 1 is 1.19 bits per heavy atom. The molecule has 0 heterocycles. The van der Waals surface area contributed by atoms with Gasteiger partial charge in [0.25, 0.3) is 0 Å². The summed E-state index contributed by atoms with van der Waals surface area (Å²) in [5, 5.41) is 0. The summed E-state index contributed by atoms with van der Waals surface area (Å²) in [6, 6.07) is 6.67. The fourth-order valence-corrected chi connectivity index (χ4v) is 0.827. The van der Waals surface area contributed by atoms with Crippen molar-refractivity contribution in [3.63, 3.8) is 0 Å². The summed E-state index contributed by atoms with van der Waals surface area (Å²) in [4.78, 5) is 0. The van der Waals surface area contributed by atoms with Crippen molar-refractivity contribution in [2.24, 2.45) is 0 Å². The first-order chi connectivity index (χ1) is 7.05. The van der Waals surface area contributed by atoms with Crippen LogP contribution >= 0.6 is 22.6 Å². The van der Waals surface area contributed by atoms with Crippen LogP contribution in [0.4, 0.5) is 17.6 Å². The van der Waals surface area contributed by atoms with Crippen LogP contribution in [0.1, 0.15) is 0 Å². The number of hydrogen-bond acceptors (Lipinski definition) is 2. The molecule has 1 aromatic rings. The first-order valence-electron chi connectivity index (χ1n) is 3.49. The molecule has 0 saturated carbocycles. The zero-order chi connectivity index (χ0) is 13.0. The van der Waals surface area contributed by atoms with Crippen molar-refractivity contribution in [1.29, 1.82) is 0 Å². The van der Waals surface area contributed by atoms with Crippen LogP contribution in [-0.2, 0) is 10.1 Å². The van der Waals surface area contributed by atoms with Crippen molar-refractivity contribution in [2.45, 2.75) is 5.51 Å². The van der Waals surface area contributed by atoms with E-state index >= 15 is 0 Å². The van der Waals surface area contributed by atoms with Gasteiger partial charge in [-0.05, 0) is 34.7 Å². The van der Waals surface area contributed by atoms with Gasteiger partial charge in [0.15, 0.2) is 0 Å². The molecule has 0 radical (unpaired) electrons. The Morgan fingerprint density at radius 3 is 1.75 bits per heavy atom. The molecule has 1 aromatic carbocycles. The van der Waals surface area contributed by atoms with E-state index in [2.05, 4.69) is 0 Å². The molecule has 1 rings (SSSR count). The fraction of sp³-hybridized carbons (Fsp3) is 0.143. The van der Waals surface area contributed by atoms with Gasteiger partial charge in [0.05, 0.1) is 0 Å². The highest BCUT2D eigenvalue weighted by Crippen LogP contribution is 2.20. The van der Waals surface area contributed by atoms with E-state index in [0.29, 0.717) is 3.57 Å². The maximum Gasteiger partial charge on any atom is 0.522 e. The normalized spacial score (nSPS) is 11.6. The van der Waals surface area contributed by atoms with Crippen LogP contribution in [-0.4, -0.2) is 18.5 Å². The third-order valence-electron chi connectivity index (χ3n) is 1.12. The van der Waals surface area contributed by atoms with Gasteiger partial charge in [-0.15, -0.1) is 0 Å². The van der Waals surface area contributed by atoms with Crippen LogP contribution in [0, 0.1) is 9.39 Å². The van der Waals surface area contributed by atoms with Crippen LogP contribution in [0.5, 0.6) is 0 Å². The number of benzene rings is 1. The van der Waals surface area contributed by atoms with E-state index in [4.69, 9.17) is 13.0 Å². The molecule has 0 unspecified atom stereocenters. The summed E-state index contributed by atoms with van der Waals surface area (Å²) in [7, 11) is -5.84. The summed E-state index contributed by atoms with van der Waals surface area (Å²) in [6.07, 6.45) is 0. The van der Waals surface area contributed by atoms with Crippen LogP contribution in [0.3, 0.4) is 0 Å². The minimum atomic E-state index is -5.84. The van der Waals surface area contributed by atoms with Crippen molar-refractivity contribution < 1.29 is 30.5 Å². The SMILES string of the molecule is Fc1ccccc1I.O=S(=O)(O)C(F)(F)F. The molecule has 92 valence electrons. The van der Waals surface area contributed by atoms with Crippen molar-refractivity contribution in [2.75, 3.05) is 0 Å². The van der Waals surface area contributed by atoms with E-state index in [9.17, 15) is 17.6 Å². The highest BCUT2D eigenvalue weighted by Gasteiger charge is 2.44. The molecule has 9 heteroatoms. The molecule has 3 nitrogen and oxygen atoms in total. The van der Waals surface area contributed by atoms with Gasteiger partial charge in [0.2, 0.25) is 0 Å². The Bertz CT molecular complexity index is 422. The molecule has 0 bridgehead atoms. The topological polar surface area (TPSA) is 54.4 Å². The molecular weight excluding hydrogens is 367 g/mol. The van der Waals surface area contributed by atoms with Crippen LogP contribution in [0.15, 0.2) is 24.3 Å². The summed E-state index contributed by atoms with van der Waals surface area (Å²) in [5.74, 6) is -0.145. The zero-order valence-corrected chi connectivity index (χ0v) is 10.3. The smallest absolute Gasteiger partial charge is 0.279 e. The fourth-order valence-electron chi connectivity index (χ4n) is 0.439. The van der Waals surface area contributed by atoms with Gasteiger partial charge in [-0.2, -0.15) is 21.6 Å². The minimum Gasteiger partial charge on any atom is -0.279 e. The Balaban J connectivity index is 0.000000281. The monoisotopic (exact) mass is 372 g/mol. The van der Waals surface area contributed by atoms with Gasteiger partial charge in [-0.3, -0.25) is 4.55 Å². The molecule has 0 aliphatic heterocycles. The van der Waals surface area contributed by atoms with Gasteiger partial charge >= 0.3 is 15.6 Å². The third kappa shape index (κ3) is 5.61. The maximum atomic E-state index is 12.3. The highest BCUT2D eigenvalue weighted by atomic mass is 127. The summed E-state index contributed by atoms with van der Waals surface area (Å²) in [5.41, 5.74) is -5.53. The lowest BCUT2D eigenvalue weighted by Crippen LogP contribution is -2.21. The number of alkyl halides is 3. The standard InChI is InChI=1S/C6H4FI.CHF3O3S/c7-5-3-1-2-4-6(5)8;2-1(3,4)8(5,6)7/h1-4H;(H,5,6,7). The van der Waals surface area contributed by atoms with Gasteiger partial charge < -0.3 is 0 Å². The lowest BCUT2D eigenvalue weighted by Gasteiger charge is -1.97. The van der Waals surface area contributed by atoms with Crippen molar-refractivity contribution in [3.05, 3.63) is 33.7 Å². The first kappa shape index (κ1) is 15.6. The first-order valence-corrected chi connectivity index (χ1v) is 6.01. The summed E-state index contributed by atoms with van der Waals surface area (Å²) in [6.45, 7) is 0. The van der Waals surface area contributed by atoms with Gasteiger partial charge in [0.1, 0.15) is 5.82 Å². The highest BCUT2D eigenvalue weighted by molar-refractivity contribution is 14.1. The van der Waals surface area contributed by atoms with Gasteiger partial charge in [-0.25, -0.2) is 4.39 Å². The lowest BCUT2D eigenvalue weighted by atomic mass is 10.4. The number of hydrogen-bond donors (Lipinski definition) is 1.